The van der Waals surface area contributed by atoms with Gasteiger partial charge in [0, 0.05) is 24.0 Å². The largest absolute Gasteiger partial charge is 0.240 e. The van der Waals surface area contributed by atoms with Gasteiger partial charge in [-0.05, 0) is 49.4 Å². The Bertz CT molecular complexity index is 990. The van der Waals surface area contributed by atoms with Crippen molar-refractivity contribution >= 4 is 0 Å². The fourth-order valence-electron chi connectivity index (χ4n) is 4.24. The quantitative estimate of drug-likeness (QED) is 0.595. The molecule has 1 aromatic heterocycles. The Morgan fingerprint density at radius 1 is 0.962 bits per heavy atom. The van der Waals surface area contributed by atoms with Gasteiger partial charge in [0.05, 0.1) is 5.56 Å². The van der Waals surface area contributed by atoms with E-state index < -0.39 is 0 Å². The average molecular weight is 351 g/mol. The van der Waals surface area contributed by atoms with Crippen molar-refractivity contribution < 1.29 is 13.3 Å². The van der Waals surface area contributed by atoms with Crippen molar-refractivity contribution in [2.24, 2.45) is 0 Å². The SMILES string of the molecule is CCC1(CC)c2cc(F)ccc2-c2c(-c3ccc(F)cc3)nc(C)c[n+]21. The Labute approximate surface area is 152 Å². The van der Waals surface area contributed by atoms with Crippen LogP contribution in [0.5, 0.6) is 0 Å². The molecule has 0 fully saturated rings. The fourth-order valence-corrected chi connectivity index (χ4v) is 4.24. The number of hydrogen-bond donors (Lipinski definition) is 0. The molecule has 0 N–H and O–H groups in total. The van der Waals surface area contributed by atoms with E-state index in [9.17, 15) is 8.78 Å². The standard InChI is InChI=1S/C22H21F2N2/c1-4-22(5-2)19-12-17(24)10-11-18(19)21-20(25-14(3)13-26(21)22)15-6-8-16(23)9-7-15/h6-13H,4-5H2,1-3H3/q+1. The predicted molar refractivity (Wildman–Crippen MR) is 97.6 cm³/mol. The fraction of sp³-hybridized carbons (Fsp3) is 0.273. The maximum absolute atomic E-state index is 14.1. The van der Waals surface area contributed by atoms with Crippen molar-refractivity contribution in [3.05, 3.63) is 71.6 Å². The van der Waals surface area contributed by atoms with Gasteiger partial charge in [0.2, 0.25) is 5.69 Å². The number of benzene rings is 2. The molecule has 132 valence electrons. The van der Waals surface area contributed by atoms with Crippen molar-refractivity contribution in [1.82, 2.24) is 4.98 Å². The first kappa shape index (κ1) is 16.8. The van der Waals surface area contributed by atoms with Crippen molar-refractivity contribution in [3.8, 4) is 22.5 Å². The van der Waals surface area contributed by atoms with Crippen LogP contribution in [0.3, 0.4) is 0 Å². The van der Waals surface area contributed by atoms with Crippen molar-refractivity contribution in [2.75, 3.05) is 0 Å². The summed E-state index contributed by atoms with van der Waals surface area (Å²) in [7, 11) is 0. The number of aromatic nitrogens is 2. The van der Waals surface area contributed by atoms with E-state index in [4.69, 9.17) is 4.98 Å². The lowest BCUT2D eigenvalue weighted by Crippen LogP contribution is -2.54. The van der Waals surface area contributed by atoms with Crippen LogP contribution in [-0.2, 0) is 5.54 Å². The molecule has 0 spiro atoms. The third kappa shape index (κ3) is 2.28. The molecule has 2 aromatic carbocycles. The van der Waals surface area contributed by atoms with Gasteiger partial charge in [-0.2, -0.15) is 4.57 Å². The Morgan fingerprint density at radius 3 is 2.27 bits per heavy atom. The van der Waals surface area contributed by atoms with Crippen LogP contribution in [0, 0.1) is 18.6 Å². The van der Waals surface area contributed by atoms with Crippen LogP contribution in [0.4, 0.5) is 8.78 Å². The number of halogens is 2. The van der Waals surface area contributed by atoms with E-state index in [-0.39, 0.29) is 17.2 Å². The molecule has 0 bridgehead atoms. The minimum absolute atomic E-state index is 0.226. The topological polar surface area (TPSA) is 16.8 Å². The molecule has 1 aliphatic heterocycles. The van der Waals surface area contributed by atoms with Crippen molar-refractivity contribution in [1.29, 1.82) is 0 Å². The molecular formula is C22H21F2N2+. The molecule has 2 nitrogen and oxygen atoms in total. The van der Waals surface area contributed by atoms with Gasteiger partial charge in [-0.15, -0.1) is 0 Å². The first-order valence-corrected chi connectivity index (χ1v) is 9.00. The predicted octanol–water partition coefficient (Wildman–Crippen LogP) is 5.17. The molecule has 0 aliphatic carbocycles. The summed E-state index contributed by atoms with van der Waals surface area (Å²) in [5, 5.41) is 0. The Hall–Kier alpha value is -2.62. The molecule has 3 aromatic rings. The number of aryl methyl sites for hydroxylation is 1. The molecule has 0 atom stereocenters. The molecule has 26 heavy (non-hydrogen) atoms. The zero-order valence-corrected chi connectivity index (χ0v) is 15.2. The summed E-state index contributed by atoms with van der Waals surface area (Å²) in [5.74, 6) is -0.499. The highest BCUT2D eigenvalue weighted by Crippen LogP contribution is 2.44. The normalized spacial score (nSPS) is 14.2. The van der Waals surface area contributed by atoms with Crippen LogP contribution < -0.4 is 4.57 Å². The lowest BCUT2D eigenvalue weighted by Gasteiger charge is -2.23. The van der Waals surface area contributed by atoms with Gasteiger partial charge < -0.3 is 0 Å². The molecule has 4 rings (SSSR count). The van der Waals surface area contributed by atoms with Crippen LogP contribution in [0.1, 0.15) is 37.9 Å². The smallest absolute Gasteiger partial charge is 0.240 e. The second-order valence-corrected chi connectivity index (χ2v) is 6.88. The van der Waals surface area contributed by atoms with E-state index in [1.807, 2.05) is 19.2 Å². The molecule has 1 aliphatic rings. The van der Waals surface area contributed by atoms with E-state index in [1.54, 1.807) is 18.2 Å². The van der Waals surface area contributed by atoms with Gasteiger partial charge in [-0.25, -0.2) is 13.8 Å². The summed E-state index contributed by atoms with van der Waals surface area (Å²) in [6.07, 6.45) is 3.75. The first-order chi connectivity index (χ1) is 12.5. The van der Waals surface area contributed by atoms with Crippen LogP contribution in [0.15, 0.2) is 48.7 Å². The van der Waals surface area contributed by atoms with Crippen molar-refractivity contribution in [2.45, 2.75) is 39.2 Å². The maximum Gasteiger partial charge on any atom is 0.240 e. The highest BCUT2D eigenvalue weighted by Gasteiger charge is 2.50. The summed E-state index contributed by atoms with van der Waals surface area (Å²) < 4.78 is 29.7. The minimum Gasteiger partial charge on any atom is -0.240 e. The van der Waals surface area contributed by atoms with Gasteiger partial charge in [-0.3, -0.25) is 0 Å². The minimum atomic E-state index is -0.296. The van der Waals surface area contributed by atoms with Gasteiger partial charge in [-0.1, -0.05) is 13.8 Å². The van der Waals surface area contributed by atoms with E-state index in [2.05, 4.69) is 18.4 Å². The van der Waals surface area contributed by atoms with Crippen LogP contribution in [0.25, 0.3) is 22.5 Å². The Kier molecular flexibility index (Phi) is 3.87. The second kappa shape index (κ2) is 5.97. The van der Waals surface area contributed by atoms with Crippen LogP contribution in [-0.4, -0.2) is 4.98 Å². The van der Waals surface area contributed by atoms with Gasteiger partial charge in [0.15, 0.2) is 11.7 Å². The molecule has 2 heterocycles. The molecule has 0 amide bonds. The number of hydrogen-bond acceptors (Lipinski definition) is 1. The first-order valence-electron chi connectivity index (χ1n) is 9.00. The Morgan fingerprint density at radius 2 is 1.62 bits per heavy atom. The summed E-state index contributed by atoms with van der Waals surface area (Å²) >= 11 is 0. The summed E-state index contributed by atoms with van der Waals surface area (Å²) in [5.41, 5.74) is 5.22. The lowest BCUT2D eigenvalue weighted by molar-refractivity contribution is -0.740. The highest BCUT2D eigenvalue weighted by atomic mass is 19.1. The maximum atomic E-state index is 14.1. The molecule has 0 unspecified atom stereocenters. The average Bonchev–Trinajstić information content (AvgIpc) is 2.91. The van der Waals surface area contributed by atoms with Crippen LogP contribution >= 0.6 is 0 Å². The molecule has 0 radical (unpaired) electrons. The second-order valence-electron chi connectivity index (χ2n) is 6.88. The third-order valence-electron chi connectivity index (χ3n) is 5.56. The summed E-state index contributed by atoms with van der Waals surface area (Å²) in [6, 6.07) is 11.4. The lowest BCUT2D eigenvalue weighted by atomic mass is 9.84. The highest BCUT2D eigenvalue weighted by molar-refractivity contribution is 5.79. The number of nitrogens with zero attached hydrogens (tertiary/aromatic N) is 2. The number of rotatable bonds is 3. The van der Waals surface area contributed by atoms with Crippen LogP contribution in [0.2, 0.25) is 0 Å². The van der Waals surface area contributed by atoms with E-state index in [1.165, 1.54) is 18.2 Å². The molecule has 0 saturated heterocycles. The monoisotopic (exact) mass is 351 g/mol. The van der Waals surface area contributed by atoms with Gasteiger partial charge >= 0.3 is 0 Å². The summed E-state index contributed by atoms with van der Waals surface area (Å²) in [4.78, 5) is 4.76. The summed E-state index contributed by atoms with van der Waals surface area (Å²) in [6.45, 7) is 6.22. The van der Waals surface area contributed by atoms with E-state index >= 15 is 0 Å². The molecule has 0 saturated carbocycles. The third-order valence-corrected chi connectivity index (χ3v) is 5.56. The Balaban J connectivity index is 2.10. The zero-order chi connectivity index (χ0) is 18.5. The van der Waals surface area contributed by atoms with Crippen molar-refractivity contribution in [3.63, 3.8) is 0 Å². The van der Waals surface area contributed by atoms with Gasteiger partial charge in [0.25, 0.3) is 0 Å². The molecular weight excluding hydrogens is 330 g/mol. The van der Waals surface area contributed by atoms with E-state index in [0.29, 0.717) is 0 Å². The zero-order valence-electron chi connectivity index (χ0n) is 15.2. The van der Waals surface area contributed by atoms with Gasteiger partial charge in [0.1, 0.15) is 23.0 Å². The number of fused-ring (bicyclic) bond motifs is 3. The van der Waals surface area contributed by atoms with E-state index in [0.717, 1.165) is 46.6 Å². The molecule has 4 heteroatoms.